The zero-order valence-corrected chi connectivity index (χ0v) is 13.5. The Hall–Kier alpha value is -3.03. The molecule has 0 N–H and O–H groups in total. The van der Waals surface area contributed by atoms with E-state index in [1.165, 1.54) is 6.26 Å². The predicted molar refractivity (Wildman–Crippen MR) is 86.4 cm³/mol. The highest BCUT2D eigenvalue weighted by Crippen LogP contribution is 2.23. The monoisotopic (exact) mass is 339 g/mol. The number of carbonyl (C=O) groups excluding carboxylic acids is 1. The van der Waals surface area contributed by atoms with Crippen molar-refractivity contribution in [2.24, 2.45) is 5.92 Å². The van der Waals surface area contributed by atoms with Gasteiger partial charge in [-0.05, 0) is 30.9 Å². The Balaban J connectivity index is 1.41. The van der Waals surface area contributed by atoms with Crippen molar-refractivity contribution in [3.8, 4) is 11.5 Å². The highest BCUT2D eigenvalue weighted by Gasteiger charge is 2.27. The van der Waals surface area contributed by atoms with E-state index < -0.39 is 0 Å². The van der Waals surface area contributed by atoms with E-state index in [0.29, 0.717) is 36.1 Å². The number of aromatic nitrogens is 4. The molecule has 25 heavy (non-hydrogen) atoms. The van der Waals surface area contributed by atoms with Crippen LogP contribution in [-0.2, 0) is 6.42 Å². The van der Waals surface area contributed by atoms with Gasteiger partial charge in [0.05, 0.1) is 12.5 Å². The Morgan fingerprint density at radius 2 is 2.32 bits per heavy atom. The number of amides is 1. The van der Waals surface area contributed by atoms with Gasteiger partial charge in [-0.25, -0.2) is 4.98 Å². The summed E-state index contributed by atoms with van der Waals surface area (Å²) in [4.78, 5) is 26.8. The summed E-state index contributed by atoms with van der Waals surface area (Å²) in [5.74, 6) is 1.58. The quantitative estimate of drug-likeness (QED) is 0.718. The molecule has 3 aromatic rings. The summed E-state index contributed by atoms with van der Waals surface area (Å²) in [6.45, 7) is 1.40. The topological polar surface area (TPSA) is 98.2 Å². The van der Waals surface area contributed by atoms with Crippen molar-refractivity contribution in [3.05, 3.63) is 48.6 Å². The molecular weight excluding hydrogens is 322 g/mol. The highest BCUT2D eigenvalue weighted by atomic mass is 16.5. The smallest absolute Gasteiger partial charge is 0.289 e. The van der Waals surface area contributed by atoms with Crippen LogP contribution in [0.15, 0.2) is 45.9 Å². The van der Waals surface area contributed by atoms with E-state index in [1.54, 1.807) is 30.7 Å². The Labute approximate surface area is 143 Å². The minimum absolute atomic E-state index is 0.0690. The lowest BCUT2D eigenvalue weighted by Gasteiger charge is -2.31. The van der Waals surface area contributed by atoms with E-state index in [-0.39, 0.29) is 11.8 Å². The molecule has 4 rings (SSSR count). The van der Waals surface area contributed by atoms with Crippen molar-refractivity contribution in [2.45, 2.75) is 19.3 Å². The highest BCUT2D eigenvalue weighted by molar-refractivity contribution is 5.91. The zero-order valence-electron chi connectivity index (χ0n) is 13.5. The molecule has 1 saturated heterocycles. The van der Waals surface area contributed by atoms with Crippen LogP contribution >= 0.6 is 0 Å². The molecule has 0 radical (unpaired) electrons. The molecule has 1 fully saturated rings. The summed E-state index contributed by atoms with van der Waals surface area (Å²) >= 11 is 0. The minimum atomic E-state index is -0.0690. The summed E-state index contributed by atoms with van der Waals surface area (Å²) in [5.41, 5.74) is 0.579. The van der Waals surface area contributed by atoms with Gasteiger partial charge >= 0.3 is 0 Å². The van der Waals surface area contributed by atoms with Gasteiger partial charge in [0.2, 0.25) is 11.7 Å². The lowest BCUT2D eigenvalue weighted by molar-refractivity contribution is 0.0636. The summed E-state index contributed by atoms with van der Waals surface area (Å²) < 4.78 is 10.5. The number of hydrogen-bond acceptors (Lipinski definition) is 7. The molecule has 0 bridgehead atoms. The van der Waals surface area contributed by atoms with Crippen LogP contribution in [0, 0.1) is 5.92 Å². The molecule has 8 nitrogen and oxygen atoms in total. The standard InChI is InChI=1S/C17H17N5O3/c23-17(14-4-2-8-24-14)22-7-1-3-12(11-22)9-15-20-16(21-25-15)13-10-18-5-6-19-13/h2,4-6,8,10,12H,1,3,7,9,11H2. The molecular formula is C17H17N5O3. The average Bonchev–Trinajstić information content (AvgIpc) is 3.34. The van der Waals surface area contributed by atoms with Gasteiger partial charge in [-0.1, -0.05) is 5.16 Å². The maximum atomic E-state index is 12.4. The van der Waals surface area contributed by atoms with Gasteiger partial charge in [-0.15, -0.1) is 0 Å². The van der Waals surface area contributed by atoms with Crippen LogP contribution < -0.4 is 0 Å². The second-order valence-electron chi connectivity index (χ2n) is 6.04. The Kier molecular flexibility index (Phi) is 4.24. The third-order valence-electron chi connectivity index (χ3n) is 4.26. The van der Waals surface area contributed by atoms with Crippen LogP contribution in [0.4, 0.5) is 0 Å². The van der Waals surface area contributed by atoms with Gasteiger partial charge in [0.25, 0.3) is 5.91 Å². The number of piperidine rings is 1. The third kappa shape index (κ3) is 3.42. The van der Waals surface area contributed by atoms with Crippen molar-refractivity contribution in [3.63, 3.8) is 0 Å². The van der Waals surface area contributed by atoms with E-state index in [4.69, 9.17) is 8.94 Å². The number of furan rings is 1. The number of carbonyl (C=O) groups is 1. The lowest BCUT2D eigenvalue weighted by atomic mass is 9.94. The largest absolute Gasteiger partial charge is 0.459 e. The van der Waals surface area contributed by atoms with Gasteiger partial charge in [0, 0.05) is 31.9 Å². The molecule has 128 valence electrons. The summed E-state index contributed by atoms with van der Waals surface area (Å²) in [5, 5.41) is 3.96. The van der Waals surface area contributed by atoms with Crippen molar-refractivity contribution in [2.75, 3.05) is 13.1 Å². The SMILES string of the molecule is O=C(c1ccco1)N1CCCC(Cc2nc(-c3cnccn3)no2)C1. The second-order valence-corrected chi connectivity index (χ2v) is 6.04. The maximum absolute atomic E-state index is 12.4. The fourth-order valence-corrected chi connectivity index (χ4v) is 3.08. The van der Waals surface area contributed by atoms with Crippen molar-refractivity contribution in [1.29, 1.82) is 0 Å². The molecule has 0 aromatic carbocycles. The zero-order chi connectivity index (χ0) is 17.1. The Morgan fingerprint density at radius 1 is 1.36 bits per heavy atom. The van der Waals surface area contributed by atoms with Crippen LogP contribution in [0.25, 0.3) is 11.5 Å². The molecule has 1 unspecified atom stereocenters. The lowest BCUT2D eigenvalue weighted by Crippen LogP contribution is -2.40. The van der Waals surface area contributed by atoms with Gasteiger partial charge in [0.15, 0.2) is 5.76 Å². The van der Waals surface area contributed by atoms with Crippen molar-refractivity contribution in [1.82, 2.24) is 25.0 Å². The maximum Gasteiger partial charge on any atom is 0.289 e. The van der Waals surface area contributed by atoms with E-state index in [2.05, 4.69) is 20.1 Å². The minimum Gasteiger partial charge on any atom is -0.459 e. The summed E-state index contributed by atoms with van der Waals surface area (Å²) in [6, 6.07) is 3.41. The third-order valence-corrected chi connectivity index (χ3v) is 4.26. The first-order valence-electron chi connectivity index (χ1n) is 8.21. The van der Waals surface area contributed by atoms with E-state index in [0.717, 1.165) is 19.4 Å². The normalized spacial score (nSPS) is 17.6. The molecule has 0 aliphatic carbocycles. The molecule has 0 spiro atoms. The molecule has 1 aliphatic rings. The summed E-state index contributed by atoms with van der Waals surface area (Å²) in [6.07, 6.45) is 8.89. The first kappa shape index (κ1) is 15.5. The van der Waals surface area contributed by atoms with Crippen molar-refractivity contribution >= 4 is 5.91 Å². The molecule has 1 atom stereocenters. The van der Waals surface area contributed by atoms with Gasteiger partial charge in [0.1, 0.15) is 5.69 Å². The van der Waals surface area contributed by atoms with Crippen molar-refractivity contribution < 1.29 is 13.7 Å². The van der Waals surface area contributed by atoms with Crippen LogP contribution in [0.3, 0.4) is 0 Å². The Bertz CT molecular complexity index is 831. The van der Waals surface area contributed by atoms with Gasteiger partial charge in [-0.3, -0.25) is 9.78 Å². The average molecular weight is 339 g/mol. The molecule has 4 heterocycles. The molecule has 1 amide bonds. The summed E-state index contributed by atoms with van der Waals surface area (Å²) in [7, 11) is 0. The first-order chi connectivity index (χ1) is 12.3. The number of likely N-dealkylation sites (tertiary alicyclic amines) is 1. The van der Waals surface area contributed by atoms with Gasteiger partial charge < -0.3 is 13.8 Å². The Morgan fingerprint density at radius 3 is 3.12 bits per heavy atom. The molecule has 1 aliphatic heterocycles. The molecule has 8 heteroatoms. The fraction of sp³-hybridized carbons (Fsp3) is 0.353. The number of hydrogen-bond donors (Lipinski definition) is 0. The molecule has 3 aromatic heterocycles. The van der Waals surface area contributed by atoms with Crippen LogP contribution in [-0.4, -0.2) is 44.0 Å². The van der Waals surface area contributed by atoms with Crippen LogP contribution in [0.1, 0.15) is 29.3 Å². The van der Waals surface area contributed by atoms with Crippen LogP contribution in [0.5, 0.6) is 0 Å². The number of nitrogens with zero attached hydrogens (tertiary/aromatic N) is 5. The van der Waals surface area contributed by atoms with E-state index in [9.17, 15) is 4.79 Å². The van der Waals surface area contributed by atoms with E-state index >= 15 is 0 Å². The second kappa shape index (κ2) is 6.84. The fourth-order valence-electron chi connectivity index (χ4n) is 3.08. The number of rotatable bonds is 4. The first-order valence-corrected chi connectivity index (χ1v) is 8.21. The predicted octanol–water partition coefficient (Wildman–Crippen LogP) is 2.21. The van der Waals surface area contributed by atoms with E-state index in [1.807, 2.05) is 4.90 Å². The van der Waals surface area contributed by atoms with Gasteiger partial charge in [-0.2, -0.15) is 4.98 Å². The van der Waals surface area contributed by atoms with Crippen LogP contribution in [0.2, 0.25) is 0 Å². The molecule has 0 saturated carbocycles.